The average molecular weight is 356 g/mol. The molecule has 3 heteroatoms. The van der Waals surface area contributed by atoms with Crippen LogP contribution in [0.3, 0.4) is 0 Å². The minimum atomic E-state index is 0.711. The monoisotopic (exact) mass is 355 g/mol. The highest BCUT2D eigenvalue weighted by atomic mass is 79.9. The van der Waals surface area contributed by atoms with Crippen LogP contribution < -0.4 is 10.1 Å². The molecule has 0 spiro atoms. The van der Waals surface area contributed by atoms with Gasteiger partial charge in [-0.1, -0.05) is 32.8 Å². The van der Waals surface area contributed by atoms with Gasteiger partial charge in [-0.3, -0.25) is 0 Å². The van der Waals surface area contributed by atoms with Crippen LogP contribution in [0.15, 0.2) is 22.7 Å². The lowest BCUT2D eigenvalue weighted by Crippen LogP contribution is -2.20. The molecule has 0 saturated carbocycles. The Hall–Kier alpha value is -0.540. The van der Waals surface area contributed by atoms with Crippen LogP contribution in [0.1, 0.15) is 52.0 Å². The van der Waals surface area contributed by atoms with Crippen molar-refractivity contribution in [1.29, 1.82) is 0 Å². The van der Waals surface area contributed by atoms with Crippen molar-refractivity contribution in [2.45, 2.75) is 52.9 Å². The van der Waals surface area contributed by atoms with Gasteiger partial charge in [0.05, 0.1) is 11.1 Å². The zero-order valence-electron chi connectivity index (χ0n) is 13.8. The molecular weight excluding hydrogens is 326 g/mol. The quantitative estimate of drug-likeness (QED) is 0.551. The number of benzene rings is 1. The van der Waals surface area contributed by atoms with Crippen LogP contribution in [0.25, 0.3) is 0 Å². The summed E-state index contributed by atoms with van der Waals surface area (Å²) in [5, 5.41) is 3.50. The van der Waals surface area contributed by atoms with E-state index in [-0.39, 0.29) is 0 Å². The Morgan fingerprint density at radius 3 is 2.57 bits per heavy atom. The van der Waals surface area contributed by atoms with Gasteiger partial charge in [0, 0.05) is 0 Å². The van der Waals surface area contributed by atoms with Gasteiger partial charge in [0.15, 0.2) is 0 Å². The molecule has 0 fully saturated rings. The second-order valence-corrected chi connectivity index (χ2v) is 6.81. The molecule has 0 bridgehead atoms. The summed E-state index contributed by atoms with van der Waals surface area (Å²) in [6.45, 7) is 9.52. The van der Waals surface area contributed by atoms with E-state index >= 15 is 0 Å². The smallest absolute Gasteiger partial charge is 0.133 e. The molecule has 1 aromatic rings. The minimum absolute atomic E-state index is 0.711. The highest BCUT2D eigenvalue weighted by molar-refractivity contribution is 9.10. The Labute approximate surface area is 138 Å². The lowest BCUT2D eigenvalue weighted by Gasteiger charge is -2.08. The number of nitrogens with one attached hydrogen (secondary N) is 1. The molecule has 1 rings (SSSR count). The van der Waals surface area contributed by atoms with Crippen molar-refractivity contribution in [2.24, 2.45) is 5.92 Å². The van der Waals surface area contributed by atoms with Gasteiger partial charge in [0.1, 0.15) is 5.75 Å². The van der Waals surface area contributed by atoms with Gasteiger partial charge in [-0.15, -0.1) is 0 Å². The topological polar surface area (TPSA) is 21.3 Å². The van der Waals surface area contributed by atoms with E-state index in [4.69, 9.17) is 4.74 Å². The fourth-order valence-electron chi connectivity index (χ4n) is 2.30. The van der Waals surface area contributed by atoms with Crippen molar-refractivity contribution >= 4 is 15.9 Å². The summed E-state index contributed by atoms with van der Waals surface area (Å²) in [4.78, 5) is 0. The molecule has 2 nitrogen and oxygen atoms in total. The highest BCUT2D eigenvalue weighted by Crippen LogP contribution is 2.26. The van der Waals surface area contributed by atoms with Gasteiger partial charge in [-0.2, -0.15) is 0 Å². The Morgan fingerprint density at radius 2 is 1.90 bits per heavy atom. The van der Waals surface area contributed by atoms with E-state index in [1.54, 1.807) is 0 Å². The molecule has 0 unspecified atom stereocenters. The average Bonchev–Trinajstić information content (AvgIpc) is 2.44. The first-order valence-electron chi connectivity index (χ1n) is 8.25. The third-order valence-corrected chi connectivity index (χ3v) is 4.04. The predicted octanol–water partition coefficient (Wildman–Crippen LogP) is 5.20. The lowest BCUT2D eigenvalue weighted by molar-refractivity contribution is 0.338. The number of rotatable bonds is 11. The van der Waals surface area contributed by atoms with Crippen molar-refractivity contribution in [3.8, 4) is 5.75 Å². The fourth-order valence-corrected chi connectivity index (χ4v) is 2.84. The summed E-state index contributed by atoms with van der Waals surface area (Å²) in [5.74, 6) is 1.69. The van der Waals surface area contributed by atoms with Gasteiger partial charge < -0.3 is 10.1 Å². The number of halogens is 1. The molecule has 0 atom stereocenters. The lowest BCUT2D eigenvalue weighted by atomic mass is 10.1. The van der Waals surface area contributed by atoms with Gasteiger partial charge >= 0.3 is 0 Å². The molecule has 0 amide bonds. The molecule has 0 aliphatic heterocycles. The van der Waals surface area contributed by atoms with Crippen LogP contribution in [0.5, 0.6) is 5.75 Å². The third kappa shape index (κ3) is 8.47. The van der Waals surface area contributed by atoms with E-state index in [1.165, 1.54) is 31.2 Å². The largest absolute Gasteiger partial charge is 0.493 e. The molecule has 0 aliphatic rings. The normalized spacial score (nSPS) is 11.1. The first-order valence-corrected chi connectivity index (χ1v) is 9.04. The van der Waals surface area contributed by atoms with Crippen LogP contribution in [-0.2, 0) is 6.42 Å². The Bertz CT molecular complexity index is 393. The summed E-state index contributed by atoms with van der Waals surface area (Å²) < 4.78 is 6.60. The number of ether oxygens (including phenoxy) is 1. The Morgan fingerprint density at radius 1 is 1.14 bits per heavy atom. The predicted molar refractivity (Wildman–Crippen MR) is 95.2 cm³/mol. The molecule has 1 N–H and O–H groups in total. The third-order valence-electron chi connectivity index (χ3n) is 3.42. The van der Waals surface area contributed by atoms with Crippen molar-refractivity contribution in [3.05, 3.63) is 28.2 Å². The number of hydrogen-bond donors (Lipinski definition) is 1. The zero-order chi connectivity index (χ0) is 15.5. The van der Waals surface area contributed by atoms with Crippen LogP contribution in [0.2, 0.25) is 0 Å². The van der Waals surface area contributed by atoms with Crippen LogP contribution >= 0.6 is 15.9 Å². The maximum Gasteiger partial charge on any atom is 0.133 e. The van der Waals surface area contributed by atoms with Crippen LogP contribution in [0.4, 0.5) is 0 Å². The first kappa shape index (κ1) is 18.5. The second kappa shape index (κ2) is 11.1. The number of hydrogen-bond acceptors (Lipinski definition) is 2. The van der Waals surface area contributed by atoms with E-state index < -0.39 is 0 Å². The number of unbranched alkanes of at least 4 members (excludes halogenated alkanes) is 3. The van der Waals surface area contributed by atoms with Gasteiger partial charge in [0.25, 0.3) is 0 Å². The minimum Gasteiger partial charge on any atom is -0.493 e. The Balaban J connectivity index is 2.11. The van der Waals surface area contributed by atoms with Crippen molar-refractivity contribution < 1.29 is 4.74 Å². The summed E-state index contributed by atoms with van der Waals surface area (Å²) >= 11 is 3.58. The van der Waals surface area contributed by atoms with Crippen LogP contribution in [0, 0.1) is 5.92 Å². The van der Waals surface area contributed by atoms with E-state index in [0.717, 1.165) is 35.7 Å². The van der Waals surface area contributed by atoms with E-state index in [1.807, 2.05) is 6.92 Å². The van der Waals surface area contributed by atoms with Gasteiger partial charge in [0.2, 0.25) is 0 Å². The van der Waals surface area contributed by atoms with Gasteiger partial charge in [-0.05, 0) is 78.8 Å². The first-order chi connectivity index (χ1) is 10.1. The molecule has 1 aromatic carbocycles. The summed E-state index contributed by atoms with van der Waals surface area (Å²) in [5.41, 5.74) is 1.39. The van der Waals surface area contributed by atoms with Crippen molar-refractivity contribution in [1.82, 2.24) is 5.32 Å². The van der Waals surface area contributed by atoms with Crippen LogP contribution in [-0.4, -0.2) is 19.7 Å². The van der Waals surface area contributed by atoms with Crippen molar-refractivity contribution in [2.75, 3.05) is 19.7 Å². The summed E-state index contributed by atoms with van der Waals surface area (Å²) in [7, 11) is 0. The maximum absolute atomic E-state index is 5.54. The Kier molecular flexibility index (Phi) is 9.77. The SMILES string of the molecule is CCOc1ccc(CCCCCCNCC(C)C)cc1Br. The number of aryl methyl sites for hydroxylation is 1. The molecule has 0 saturated heterocycles. The molecule has 0 aromatic heterocycles. The fraction of sp³-hybridized carbons (Fsp3) is 0.667. The van der Waals surface area contributed by atoms with E-state index in [9.17, 15) is 0 Å². The second-order valence-electron chi connectivity index (χ2n) is 5.96. The molecule has 120 valence electrons. The molecule has 0 radical (unpaired) electrons. The molecule has 0 aliphatic carbocycles. The summed E-state index contributed by atoms with van der Waals surface area (Å²) in [6, 6.07) is 6.44. The molecular formula is C18H30BrNO. The van der Waals surface area contributed by atoms with E-state index in [0.29, 0.717) is 6.61 Å². The zero-order valence-corrected chi connectivity index (χ0v) is 15.3. The highest BCUT2D eigenvalue weighted by Gasteiger charge is 2.02. The van der Waals surface area contributed by atoms with Crippen molar-refractivity contribution in [3.63, 3.8) is 0 Å². The maximum atomic E-state index is 5.54. The van der Waals surface area contributed by atoms with E-state index in [2.05, 4.69) is 53.3 Å². The standard InChI is InChI=1S/C18H30BrNO/c1-4-21-18-11-10-16(13-17(18)19)9-7-5-6-8-12-20-14-15(2)3/h10-11,13,15,20H,4-9,12,14H2,1-3H3. The molecule has 0 heterocycles. The summed E-state index contributed by atoms with van der Waals surface area (Å²) in [6.07, 6.45) is 6.35. The molecule has 21 heavy (non-hydrogen) atoms. The van der Waals surface area contributed by atoms with Gasteiger partial charge in [-0.25, -0.2) is 0 Å².